The smallest absolute Gasteiger partial charge is 0.306 e. The van der Waals surface area contributed by atoms with Crippen molar-refractivity contribution in [3.05, 3.63) is 36.5 Å². The minimum Gasteiger partial charge on any atom is -0.462 e. The van der Waals surface area contributed by atoms with Crippen LogP contribution in [-0.4, -0.2) is 47.6 Å². The summed E-state index contributed by atoms with van der Waals surface area (Å²) >= 11 is 0. The monoisotopic (exact) mass is 564 g/mol. The van der Waals surface area contributed by atoms with Gasteiger partial charge in [-0.1, -0.05) is 121 Å². The Morgan fingerprint density at radius 1 is 0.775 bits per heavy atom. The van der Waals surface area contributed by atoms with Crippen molar-refractivity contribution in [3.8, 4) is 0 Å². The topological polar surface area (TPSA) is 93.1 Å². The molecule has 0 fully saturated rings. The summed E-state index contributed by atoms with van der Waals surface area (Å²) in [7, 11) is 0. The standard InChI is InChI=1S/C34H60O6/c1-4-6-18-24-31(36)25-20-15-10-8-7-9-11-17-22-27-34(38)40-32(28-35)29-39-33(37)26-21-16-13-12-14-19-23-30(3)5-2/h6,10,15,18,20,25,30-32,35-36H,4-5,7-9,11-14,16-17,19,21-24,26-29H2,1-3H3/b15-10+,18-6+,25-20+/t30?,31?,32-/m0/s1. The van der Waals surface area contributed by atoms with E-state index in [1.807, 2.05) is 18.2 Å². The van der Waals surface area contributed by atoms with E-state index in [4.69, 9.17) is 9.47 Å². The number of carbonyl (C=O) groups is 2. The Morgan fingerprint density at radius 2 is 1.40 bits per heavy atom. The van der Waals surface area contributed by atoms with Crippen LogP contribution in [0.5, 0.6) is 0 Å². The lowest BCUT2D eigenvalue weighted by Gasteiger charge is -2.15. The lowest BCUT2D eigenvalue weighted by atomic mass is 10.00. The van der Waals surface area contributed by atoms with Gasteiger partial charge in [0.25, 0.3) is 0 Å². The van der Waals surface area contributed by atoms with Gasteiger partial charge in [0.1, 0.15) is 6.61 Å². The first-order valence-electron chi connectivity index (χ1n) is 16.0. The van der Waals surface area contributed by atoms with Gasteiger partial charge in [-0.3, -0.25) is 9.59 Å². The number of allylic oxidation sites excluding steroid dienone is 4. The van der Waals surface area contributed by atoms with Crippen LogP contribution in [0.3, 0.4) is 0 Å². The number of hydrogen-bond donors (Lipinski definition) is 2. The van der Waals surface area contributed by atoms with Crippen molar-refractivity contribution in [1.82, 2.24) is 0 Å². The Balaban J connectivity index is 3.72. The number of hydrogen-bond acceptors (Lipinski definition) is 6. The molecule has 0 bridgehead atoms. The lowest BCUT2D eigenvalue weighted by molar-refractivity contribution is -0.161. The largest absolute Gasteiger partial charge is 0.462 e. The van der Waals surface area contributed by atoms with E-state index in [2.05, 4.69) is 32.9 Å². The van der Waals surface area contributed by atoms with Gasteiger partial charge in [-0.2, -0.15) is 0 Å². The fourth-order valence-corrected chi connectivity index (χ4v) is 4.21. The molecule has 0 radical (unpaired) electrons. The second-order valence-corrected chi connectivity index (χ2v) is 11.0. The molecule has 2 N–H and O–H groups in total. The quantitative estimate of drug-likeness (QED) is 0.0452. The molecule has 6 nitrogen and oxygen atoms in total. The normalized spacial score (nSPS) is 14.2. The zero-order valence-electron chi connectivity index (χ0n) is 25.9. The number of aliphatic hydroxyl groups excluding tert-OH is 2. The minimum atomic E-state index is -0.795. The molecule has 0 saturated heterocycles. The molecule has 0 aliphatic heterocycles. The summed E-state index contributed by atoms with van der Waals surface area (Å²) < 4.78 is 10.5. The Morgan fingerprint density at radius 3 is 2.05 bits per heavy atom. The van der Waals surface area contributed by atoms with Gasteiger partial charge in [-0.25, -0.2) is 0 Å². The van der Waals surface area contributed by atoms with Crippen LogP contribution in [0.2, 0.25) is 0 Å². The molecule has 3 atom stereocenters. The Labute approximate surface area is 245 Å². The maximum Gasteiger partial charge on any atom is 0.306 e. The summed E-state index contributed by atoms with van der Waals surface area (Å²) in [6.07, 6.45) is 28.2. The summed E-state index contributed by atoms with van der Waals surface area (Å²) in [6.45, 7) is 6.18. The van der Waals surface area contributed by atoms with E-state index in [1.54, 1.807) is 6.08 Å². The number of carbonyl (C=O) groups excluding carboxylic acids is 2. The molecular formula is C34H60O6. The van der Waals surface area contributed by atoms with Crippen molar-refractivity contribution in [3.63, 3.8) is 0 Å². The molecule has 0 aromatic carbocycles. The lowest BCUT2D eigenvalue weighted by Crippen LogP contribution is -2.28. The number of esters is 2. The van der Waals surface area contributed by atoms with Gasteiger partial charge in [0.2, 0.25) is 0 Å². The second-order valence-electron chi connectivity index (χ2n) is 11.0. The van der Waals surface area contributed by atoms with Gasteiger partial charge in [0.05, 0.1) is 12.7 Å². The van der Waals surface area contributed by atoms with Crippen LogP contribution < -0.4 is 0 Å². The third kappa shape index (κ3) is 26.3. The third-order valence-corrected chi connectivity index (χ3v) is 7.07. The van der Waals surface area contributed by atoms with Crippen molar-refractivity contribution in [2.75, 3.05) is 13.2 Å². The van der Waals surface area contributed by atoms with E-state index in [0.717, 1.165) is 70.1 Å². The van der Waals surface area contributed by atoms with Crippen LogP contribution in [0.1, 0.15) is 136 Å². The Kier molecular flexibility index (Phi) is 27.2. The van der Waals surface area contributed by atoms with Gasteiger partial charge in [-0.05, 0) is 44.4 Å². The first-order valence-corrected chi connectivity index (χ1v) is 16.0. The van der Waals surface area contributed by atoms with Crippen molar-refractivity contribution < 1.29 is 29.3 Å². The zero-order valence-corrected chi connectivity index (χ0v) is 25.9. The highest BCUT2D eigenvalue weighted by atomic mass is 16.6. The molecule has 0 aromatic rings. The fourth-order valence-electron chi connectivity index (χ4n) is 4.21. The fraction of sp³-hybridized carbons (Fsp3) is 0.765. The van der Waals surface area contributed by atoms with Crippen LogP contribution in [-0.2, 0) is 19.1 Å². The first-order chi connectivity index (χ1) is 19.4. The highest BCUT2D eigenvalue weighted by Crippen LogP contribution is 2.15. The average Bonchev–Trinajstić information content (AvgIpc) is 2.95. The summed E-state index contributed by atoms with van der Waals surface area (Å²) in [5.41, 5.74) is 0. The van der Waals surface area contributed by atoms with E-state index in [-0.39, 0.29) is 25.2 Å². The van der Waals surface area contributed by atoms with Crippen molar-refractivity contribution in [2.45, 2.75) is 149 Å². The van der Waals surface area contributed by atoms with E-state index in [9.17, 15) is 19.8 Å². The molecule has 0 heterocycles. The van der Waals surface area contributed by atoms with Crippen molar-refractivity contribution in [1.29, 1.82) is 0 Å². The van der Waals surface area contributed by atoms with E-state index >= 15 is 0 Å². The molecular weight excluding hydrogens is 504 g/mol. The average molecular weight is 565 g/mol. The number of ether oxygens (including phenoxy) is 2. The summed E-state index contributed by atoms with van der Waals surface area (Å²) in [5.74, 6) is 0.166. The molecule has 6 heteroatoms. The number of unbranched alkanes of at least 4 members (excludes halogenated alkanes) is 10. The van der Waals surface area contributed by atoms with Gasteiger partial charge in [0.15, 0.2) is 6.10 Å². The van der Waals surface area contributed by atoms with Crippen LogP contribution >= 0.6 is 0 Å². The van der Waals surface area contributed by atoms with Crippen LogP contribution in [0.4, 0.5) is 0 Å². The first kappa shape index (κ1) is 38.1. The van der Waals surface area contributed by atoms with Crippen molar-refractivity contribution >= 4 is 11.9 Å². The van der Waals surface area contributed by atoms with Gasteiger partial charge in [-0.15, -0.1) is 0 Å². The third-order valence-electron chi connectivity index (χ3n) is 7.07. The molecule has 232 valence electrons. The number of aliphatic hydroxyl groups is 2. The van der Waals surface area contributed by atoms with E-state index in [1.165, 1.54) is 32.1 Å². The van der Waals surface area contributed by atoms with Gasteiger partial charge < -0.3 is 19.7 Å². The number of rotatable bonds is 27. The second kappa shape index (κ2) is 28.6. The highest BCUT2D eigenvalue weighted by Gasteiger charge is 2.16. The molecule has 0 aromatic heterocycles. The highest BCUT2D eigenvalue weighted by molar-refractivity contribution is 5.70. The SMILES string of the molecule is CC/C=C/CC(O)/C=C/C=C/CCCCCCCC(=O)O[C@@H](CO)COC(=O)CCCCCCCCC(C)CC. The maximum atomic E-state index is 12.1. The van der Waals surface area contributed by atoms with Crippen LogP contribution in [0.25, 0.3) is 0 Å². The Bertz CT molecular complexity index is 684. The van der Waals surface area contributed by atoms with Crippen molar-refractivity contribution in [2.24, 2.45) is 5.92 Å². The molecule has 0 rings (SSSR count). The van der Waals surface area contributed by atoms with E-state index in [0.29, 0.717) is 19.3 Å². The minimum absolute atomic E-state index is 0.0890. The Hall–Kier alpha value is -1.92. The molecule has 0 aliphatic carbocycles. The predicted octanol–water partition coefficient (Wildman–Crippen LogP) is 8.16. The summed E-state index contributed by atoms with van der Waals surface area (Å²) in [4.78, 5) is 24.0. The van der Waals surface area contributed by atoms with Crippen LogP contribution in [0, 0.1) is 5.92 Å². The summed E-state index contributed by atoms with van der Waals surface area (Å²) in [5, 5.41) is 19.3. The molecule has 0 saturated carbocycles. The molecule has 0 amide bonds. The molecule has 0 aliphatic rings. The zero-order chi connectivity index (χ0) is 29.7. The predicted molar refractivity (Wildman–Crippen MR) is 165 cm³/mol. The molecule has 40 heavy (non-hydrogen) atoms. The van der Waals surface area contributed by atoms with Gasteiger partial charge >= 0.3 is 11.9 Å². The van der Waals surface area contributed by atoms with Gasteiger partial charge in [0, 0.05) is 12.8 Å². The summed E-state index contributed by atoms with van der Waals surface area (Å²) in [6, 6.07) is 0. The maximum absolute atomic E-state index is 12.1. The van der Waals surface area contributed by atoms with E-state index < -0.39 is 12.2 Å². The molecule has 0 spiro atoms. The van der Waals surface area contributed by atoms with Crippen LogP contribution in [0.15, 0.2) is 36.5 Å². The molecule has 2 unspecified atom stereocenters.